The Morgan fingerprint density at radius 3 is 2.50 bits per heavy atom. The molecule has 2 aromatic rings. The number of hydrogen-bond donors (Lipinski definition) is 0. The molecule has 1 aromatic heterocycles. The molecule has 0 saturated carbocycles. The molecule has 0 aliphatic rings. The molecule has 0 saturated heterocycles. The number of aromatic nitrogens is 2. The highest BCUT2D eigenvalue weighted by molar-refractivity contribution is 9.11. The van der Waals surface area contributed by atoms with E-state index in [0.29, 0.717) is 0 Å². The minimum atomic E-state index is 0.791. The van der Waals surface area contributed by atoms with Gasteiger partial charge in [-0.15, -0.1) is 10.2 Å². The molecular weight excluding hydrogens is 396 g/mol. The average molecular weight is 399 g/mol. The van der Waals surface area contributed by atoms with E-state index in [9.17, 15) is 0 Å². The maximum atomic E-state index is 4.06. The van der Waals surface area contributed by atoms with E-state index in [0.717, 1.165) is 23.4 Å². The summed E-state index contributed by atoms with van der Waals surface area (Å²) in [6, 6.07) is 5.97. The molecule has 0 spiro atoms. The van der Waals surface area contributed by atoms with E-state index in [-0.39, 0.29) is 0 Å². The van der Waals surface area contributed by atoms with Crippen LogP contribution in [-0.2, 0) is 0 Å². The largest absolute Gasteiger partial charge is 0.183 e. The van der Waals surface area contributed by atoms with Crippen molar-refractivity contribution in [2.75, 3.05) is 0 Å². The normalized spacial score (nSPS) is 10.5. The van der Waals surface area contributed by atoms with Gasteiger partial charge in [0.05, 0.1) is 0 Å². The fourth-order valence-electron chi connectivity index (χ4n) is 0.976. The summed E-state index contributed by atoms with van der Waals surface area (Å²) in [5.74, 6) is 0. The van der Waals surface area contributed by atoms with Crippen molar-refractivity contribution in [3.05, 3.63) is 31.1 Å². The molecule has 2 rings (SSSR count). The molecule has 14 heavy (non-hydrogen) atoms. The van der Waals surface area contributed by atoms with E-state index in [1.165, 1.54) is 11.3 Å². The highest BCUT2D eigenvalue weighted by Crippen LogP contribution is 2.33. The van der Waals surface area contributed by atoms with Gasteiger partial charge < -0.3 is 0 Å². The standard InChI is InChI=1S/C8H3Br3N2S/c9-4-1-2-6(10)5(3-4)7-12-13-8(11)14-7/h1-3H. The third-order valence-electron chi connectivity index (χ3n) is 1.56. The summed E-state index contributed by atoms with van der Waals surface area (Å²) in [7, 11) is 0. The molecule has 2 nitrogen and oxygen atoms in total. The molecule has 0 radical (unpaired) electrons. The predicted molar refractivity (Wildman–Crippen MR) is 68.4 cm³/mol. The van der Waals surface area contributed by atoms with Gasteiger partial charge in [0.15, 0.2) is 3.92 Å². The smallest absolute Gasteiger partial charge is 0.137 e. The Morgan fingerprint density at radius 2 is 1.86 bits per heavy atom. The molecule has 0 bridgehead atoms. The van der Waals surface area contributed by atoms with Crippen molar-refractivity contribution >= 4 is 59.1 Å². The molecule has 6 heteroatoms. The lowest BCUT2D eigenvalue weighted by Crippen LogP contribution is -1.79. The summed E-state index contributed by atoms with van der Waals surface area (Å²) < 4.78 is 2.84. The van der Waals surface area contributed by atoms with Crippen LogP contribution in [0.25, 0.3) is 10.6 Å². The minimum Gasteiger partial charge on any atom is -0.137 e. The number of hydrogen-bond acceptors (Lipinski definition) is 3. The van der Waals surface area contributed by atoms with Gasteiger partial charge in [-0.25, -0.2) is 0 Å². The Balaban J connectivity index is 2.55. The summed E-state index contributed by atoms with van der Waals surface area (Å²) in [5, 5.41) is 8.87. The first-order chi connectivity index (χ1) is 6.66. The first kappa shape index (κ1) is 10.7. The van der Waals surface area contributed by atoms with Gasteiger partial charge in [0, 0.05) is 14.5 Å². The van der Waals surface area contributed by atoms with Crippen molar-refractivity contribution in [3.8, 4) is 10.6 Å². The molecule has 0 atom stereocenters. The van der Waals surface area contributed by atoms with Gasteiger partial charge in [-0.2, -0.15) is 0 Å². The monoisotopic (exact) mass is 396 g/mol. The molecule has 1 heterocycles. The van der Waals surface area contributed by atoms with Crippen LogP contribution in [0.1, 0.15) is 0 Å². The van der Waals surface area contributed by atoms with Crippen LogP contribution in [0.4, 0.5) is 0 Å². The van der Waals surface area contributed by atoms with Crippen LogP contribution in [-0.4, -0.2) is 10.2 Å². The second-order valence-corrected chi connectivity index (χ2v) is 6.51. The number of halogens is 3. The summed E-state index contributed by atoms with van der Waals surface area (Å²) in [4.78, 5) is 0. The van der Waals surface area contributed by atoms with Gasteiger partial charge in [-0.05, 0) is 34.1 Å². The van der Waals surface area contributed by atoms with E-state index in [2.05, 4.69) is 58.0 Å². The molecule has 0 unspecified atom stereocenters. The molecule has 0 N–H and O–H groups in total. The average Bonchev–Trinajstić information content (AvgIpc) is 2.56. The molecule has 0 aliphatic carbocycles. The summed E-state index contributed by atoms with van der Waals surface area (Å²) >= 11 is 11.7. The SMILES string of the molecule is Brc1ccc(Br)c(-c2nnc(Br)s2)c1. The highest BCUT2D eigenvalue weighted by atomic mass is 79.9. The number of rotatable bonds is 1. The summed E-state index contributed by atoms with van der Waals surface area (Å²) in [5.41, 5.74) is 1.04. The molecule has 0 aliphatic heterocycles. The van der Waals surface area contributed by atoms with Gasteiger partial charge in [-0.1, -0.05) is 43.2 Å². The van der Waals surface area contributed by atoms with Gasteiger partial charge >= 0.3 is 0 Å². The first-order valence-corrected chi connectivity index (χ1v) is 6.81. The van der Waals surface area contributed by atoms with E-state index >= 15 is 0 Å². The molecule has 72 valence electrons. The van der Waals surface area contributed by atoms with Crippen molar-refractivity contribution in [2.24, 2.45) is 0 Å². The van der Waals surface area contributed by atoms with Crippen molar-refractivity contribution in [3.63, 3.8) is 0 Å². The van der Waals surface area contributed by atoms with Gasteiger partial charge in [-0.3, -0.25) is 0 Å². The third-order valence-corrected chi connectivity index (χ3v) is 4.13. The van der Waals surface area contributed by atoms with Gasteiger partial charge in [0.25, 0.3) is 0 Å². The van der Waals surface area contributed by atoms with Crippen LogP contribution in [0.5, 0.6) is 0 Å². The van der Waals surface area contributed by atoms with Crippen LogP contribution in [0.15, 0.2) is 31.1 Å². The lowest BCUT2D eigenvalue weighted by atomic mass is 10.2. The Kier molecular flexibility index (Phi) is 3.36. The van der Waals surface area contributed by atoms with E-state index < -0.39 is 0 Å². The zero-order valence-corrected chi connectivity index (χ0v) is 12.2. The Morgan fingerprint density at radius 1 is 1.07 bits per heavy atom. The molecular formula is C8H3Br3N2S. The van der Waals surface area contributed by atoms with Crippen LogP contribution >= 0.6 is 59.1 Å². The maximum Gasteiger partial charge on any atom is 0.183 e. The quantitative estimate of drug-likeness (QED) is 0.707. The van der Waals surface area contributed by atoms with Crippen LogP contribution in [0, 0.1) is 0 Å². The van der Waals surface area contributed by atoms with Crippen LogP contribution in [0.2, 0.25) is 0 Å². The molecule has 0 fully saturated rings. The van der Waals surface area contributed by atoms with E-state index in [1.807, 2.05) is 18.2 Å². The maximum absolute atomic E-state index is 4.06. The number of benzene rings is 1. The van der Waals surface area contributed by atoms with Crippen LogP contribution < -0.4 is 0 Å². The number of nitrogens with zero attached hydrogens (tertiary/aromatic N) is 2. The molecule has 0 amide bonds. The minimum absolute atomic E-state index is 0.791. The predicted octanol–water partition coefficient (Wildman–Crippen LogP) is 4.49. The fourth-order valence-corrected chi connectivity index (χ4v) is 3.04. The second-order valence-electron chi connectivity index (χ2n) is 2.48. The second kappa shape index (κ2) is 4.38. The lowest BCUT2D eigenvalue weighted by Gasteiger charge is -1.99. The van der Waals surface area contributed by atoms with Gasteiger partial charge in [0.2, 0.25) is 0 Å². The Hall–Kier alpha value is 0.220. The zero-order chi connectivity index (χ0) is 10.1. The van der Waals surface area contributed by atoms with Crippen molar-refractivity contribution in [2.45, 2.75) is 0 Å². The lowest BCUT2D eigenvalue weighted by molar-refractivity contribution is 1.07. The Labute approximate surface area is 110 Å². The van der Waals surface area contributed by atoms with Crippen molar-refractivity contribution < 1.29 is 0 Å². The third kappa shape index (κ3) is 2.24. The molecule has 1 aromatic carbocycles. The topological polar surface area (TPSA) is 25.8 Å². The van der Waals surface area contributed by atoms with Crippen molar-refractivity contribution in [1.82, 2.24) is 10.2 Å². The van der Waals surface area contributed by atoms with Gasteiger partial charge in [0.1, 0.15) is 5.01 Å². The summed E-state index contributed by atoms with van der Waals surface area (Å²) in [6.07, 6.45) is 0. The highest BCUT2D eigenvalue weighted by Gasteiger charge is 2.08. The van der Waals surface area contributed by atoms with Crippen LogP contribution in [0.3, 0.4) is 0 Å². The van der Waals surface area contributed by atoms with Crippen molar-refractivity contribution in [1.29, 1.82) is 0 Å². The Bertz CT molecular complexity index is 469. The van der Waals surface area contributed by atoms with E-state index in [1.54, 1.807) is 0 Å². The summed E-state index contributed by atoms with van der Waals surface area (Å²) in [6.45, 7) is 0. The fraction of sp³-hybridized carbons (Fsp3) is 0. The zero-order valence-electron chi connectivity index (χ0n) is 6.67. The first-order valence-electron chi connectivity index (χ1n) is 3.61. The van der Waals surface area contributed by atoms with E-state index in [4.69, 9.17) is 0 Å².